The summed E-state index contributed by atoms with van der Waals surface area (Å²) in [6.45, 7) is 5.52. The lowest BCUT2D eigenvalue weighted by Gasteiger charge is -2.45. The van der Waals surface area contributed by atoms with E-state index in [-0.39, 0.29) is 13.0 Å². The van der Waals surface area contributed by atoms with Crippen molar-refractivity contribution in [1.82, 2.24) is 4.90 Å². The Morgan fingerprint density at radius 2 is 2.00 bits per heavy atom. The van der Waals surface area contributed by atoms with E-state index >= 15 is 0 Å². The molecule has 3 atom stereocenters. The molecule has 0 radical (unpaired) electrons. The first-order valence-electron chi connectivity index (χ1n) is 5.07. The third-order valence-corrected chi connectivity index (χ3v) is 2.80. The van der Waals surface area contributed by atoms with Gasteiger partial charge < -0.3 is 15.1 Å². The second-order valence-electron chi connectivity index (χ2n) is 5.09. The number of aliphatic hydroxyl groups excluding tert-OH is 1. The number of piperidine rings is 1. The SMILES string of the molecule is CC(C)(C)C1C(F)C(O)CCN1C(=O)O. The van der Waals surface area contributed by atoms with Gasteiger partial charge in [0.2, 0.25) is 0 Å². The smallest absolute Gasteiger partial charge is 0.407 e. The van der Waals surface area contributed by atoms with Gasteiger partial charge in [-0.25, -0.2) is 9.18 Å². The van der Waals surface area contributed by atoms with Gasteiger partial charge >= 0.3 is 6.09 Å². The van der Waals surface area contributed by atoms with Crippen LogP contribution >= 0.6 is 0 Å². The maximum Gasteiger partial charge on any atom is 0.407 e. The number of likely N-dealkylation sites (tertiary alicyclic amines) is 1. The van der Waals surface area contributed by atoms with Crippen molar-refractivity contribution in [3.8, 4) is 0 Å². The Hall–Kier alpha value is -0.840. The van der Waals surface area contributed by atoms with Crippen LogP contribution in [0.1, 0.15) is 27.2 Å². The van der Waals surface area contributed by atoms with Gasteiger partial charge in [0.25, 0.3) is 0 Å². The van der Waals surface area contributed by atoms with E-state index in [9.17, 15) is 14.3 Å². The molecule has 4 nitrogen and oxygen atoms in total. The van der Waals surface area contributed by atoms with Crippen LogP contribution in [0.3, 0.4) is 0 Å². The first kappa shape index (κ1) is 12.2. The Balaban J connectivity index is 2.95. The van der Waals surface area contributed by atoms with Gasteiger partial charge in [-0.1, -0.05) is 20.8 Å². The Labute approximate surface area is 88.7 Å². The predicted octanol–water partition coefficient (Wildman–Crippen LogP) is 1.48. The van der Waals surface area contributed by atoms with E-state index in [1.54, 1.807) is 20.8 Å². The Bertz CT molecular complexity index is 252. The van der Waals surface area contributed by atoms with E-state index in [1.165, 1.54) is 0 Å². The van der Waals surface area contributed by atoms with Crippen molar-refractivity contribution >= 4 is 6.09 Å². The minimum Gasteiger partial charge on any atom is -0.465 e. The molecular formula is C10H18FNO3. The topological polar surface area (TPSA) is 60.8 Å². The molecule has 0 aromatic carbocycles. The summed E-state index contributed by atoms with van der Waals surface area (Å²) >= 11 is 0. The van der Waals surface area contributed by atoms with E-state index in [0.29, 0.717) is 0 Å². The predicted molar refractivity (Wildman–Crippen MR) is 53.5 cm³/mol. The molecule has 1 rings (SSSR count). The molecule has 0 aromatic heterocycles. The first-order valence-corrected chi connectivity index (χ1v) is 5.07. The van der Waals surface area contributed by atoms with Crippen molar-refractivity contribution in [3.63, 3.8) is 0 Å². The number of aliphatic hydroxyl groups is 1. The van der Waals surface area contributed by atoms with Crippen LogP contribution in [0.4, 0.5) is 9.18 Å². The van der Waals surface area contributed by atoms with E-state index in [1.807, 2.05) is 0 Å². The summed E-state index contributed by atoms with van der Waals surface area (Å²) in [6.07, 6.45) is -3.51. The third-order valence-electron chi connectivity index (χ3n) is 2.80. The van der Waals surface area contributed by atoms with Crippen LogP contribution in [-0.4, -0.2) is 46.1 Å². The summed E-state index contributed by atoms with van der Waals surface area (Å²) in [6, 6.07) is -0.779. The van der Waals surface area contributed by atoms with Crippen LogP contribution in [0.5, 0.6) is 0 Å². The zero-order chi connectivity index (χ0) is 11.8. The summed E-state index contributed by atoms with van der Waals surface area (Å²) in [5, 5.41) is 18.4. The second kappa shape index (κ2) is 3.96. The number of amides is 1. The van der Waals surface area contributed by atoms with Crippen LogP contribution in [0.25, 0.3) is 0 Å². The second-order valence-corrected chi connectivity index (χ2v) is 5.09. The molecular weight excluding hydrogens is 201 g/mol. The summed E-state index contributed by atoms with van der Waals surface area (Å²) in [4.78, 5) is 12.0. The molecule has 0 aromatic rings. The molecule has 1 fully saturated rings. The first-order chi connectivity index (χ1) is 6.75. The largest absolute Gasteiger partial charge is 0.465 e. The quantitative estimate of drug-likeness (QED) is 0.648. The monoisotopic (exact) mass is 219 g/mol. The van der Waals surface area contributed by atoms with Crippen molar-refractivity contribution in [2.45, 2.75) is 45.5 Å². The molecule has 1 heterocycles. The average molecular weight is 219 g/mol. The number of carboxylic acid groups (broad SMARTS) is 1. The number of hydrogen-bond acceptors (Lipinski definition) is 2. The van der Waals surface area contributed by atoms with Gasteiger partial charge in [0.15, 0.2) is 0 Å². The highest BCUT2D eigenvalue weighted by atomic mass is 19.1. The number of nitrogens with zero attached hydrogens (tertiary/aromatic N) is 1. The molecule has 2 N–H and O–H groups in total. The fourth-order valence-electron chi connectivity index (χ4n) is 2.11. The molecule has 5 heteroatoms. The molecule has 3 unspecified atom stereocenters. The molecule has 1 amide bonds. The normalized spacial score (nSPS) is 32.9. The lowest BCUT2D eigenvalue weighted by molar-refractivity contribution is -0.0609. The molecule has 1 aliphatic rings. The van der Waals surface area contributed by atoms with Crippen LogP contribution in [0.2, 0.25) is 0 Å². The van der Waals surface area contributed by atoms with Gasteiger partial charge in [0, 0.05) is 6.54 Å². The van der Waals surface area contributed by atoms with Gasteiger partial charge in [-0.05, 0) is 11.8 Å². The lowest BCUT2D eigenvalue weighted by atomic mass is 9.79. The van der Waals surface area contributed by atoms with Crippen LogP contribution < -0.4 is 0 Å². The van der Waals surface area contributed by atoms with E-state index in [2.05, 4.69) is 0 Å². The van der Waals surface area contributed by atoms with Crippen LogP contribution in [0, 0.1) is 5.41 Å². The van der Waals surface area contributed by atoms with Crippen LogP contribution in [0.15, 0.2) is 0 Å². The Kier molecular flexibility index (Phi) is 3.23. The molecule has 15 heavy (non-hydrogen) atoms. The standard InChI is InChI=1S/C10H18FNO3/c1-10(2,3)8-7(11)6(13)4-5-12(8)9(14)15/h6-8,13H,4-5H2,1-3H3,(H,14,15). The summed E-state index contributed by atoms with van der Waals surface area (Å²) in [5.74, 6) is 0. The Morgan fingerprint density at radius 1 is 1.47 bits per heavy atom. The fraction of sp³-hybridized carbons (Fsp3) is 0.900. The summed E-state index contributed by atoms with van der Waals surface area (Å²) in [7, 11) is 0. The fourth-order valence-corrected chi connectivity index (χ4v) is 2.11. The number of rotatable bonds is 0. The van der Waals surface area contributed by atoms with E-state index < -0.39 is 29.8 Å². The number of hydrogen-bond donors (Lipinski definition) is 2. The molecule has 1 aliphatic heterocycles. The minimum atomic E-state index is -1.50. The minimum absolute atomic E-state index is 0.167. The van der Waals surface area contributed by atoms with Crippen molar-refractivity contribution in [3.05, 3.63) is 0 Å². The average Bonchev–Trinajstić information content (AvgIpc) is 2.06. The van der Waals surface area contributed by atoms with Crippen molar-refractivity contribution in [2.24, 2.45) is 5.41 Å². The van der Waals surface area contributed by atoms with Crippen molar-refractivity contribution < 1.29 is 19.4 Å². The Morgan fingerprint density at radius 3 is 2.40 bits per heavy atom. The van der Waals surface area contributed by atoms with E-state index in [4.69, 9.17) is 5.11 Å². The summed E-state index contributed by atoms with van der Waals surface area (Å²) in [5.41, 5.74) is -0.515. The molecule has 0 saturated carbocycles. The van der Waals surface area contributed by atoms with Gasteiger partial charge in [0.1, 0.15) is 6.17 Å². The van der Waals surface area contributed by atoms with Crippen molar-refractivity contribution in [2.75, 3.05) is 6.54 Å². The molecule has 88 valence electrons. The van der Waals surface area contributed by atoms with E-state index in [0.717, 1.165) is 4.90 Å². The molecule has 0 aliphatic carbocycles. The number of alkyl halides is 1. The lowest BCUT2D eigenvalue weighted by Crippen LogP contribution is -2.59. The molecule has 0 bridgehead atoms. The maximum atomic E-state index is 13.8. The van der Waals surface area contributed by atoms with Crippen molar-refractivity contribution in [1.29, 1.82) is 0 Å². The number of carbonyl (C=O) groups is 1. The zero-order valence-corrected chi connectivity index (χ0v) is 9.27. The van der Waals surface area contributed by atoms with Crippen LogP contribution in [-0.2, 0) is 0 Å². The van der Waals surface area contributed by atoms with Gasteiger partial charge in [0.05, 0.1) is 12.1 Å². The maximum absolute atomic E-state index is 13.8. The third kappa shape index (κ3) is 2.40. The molecule has 1 saturated heterocycles. The highest BCUT2D eigenvalue weighted by molar-refractivity contribution is 5.66. The highest BCUT2D eigenvalue weighted by Crippen LogP contribution is 2.33. The summed E-state index contributed by atoms with van der Waals surface area (Å²) < 4.78 is 13.8. The zero-order valence-electron chi connectivity index (χ0n) is 9.27. The molecule has 0 spiro atoms. The van der Waals surface area contributed by atoms with Gasteiger partial charge in [-0.15, -0.1) is 0 Å². The highest BCUT2D eigenvalue weighted by Gasteiger charge is 2.45. The van der Waals surface area contributed by atoms with Gasteiger partial charge in [-0.2, -0.15) is 0 Å². The number of halogens is 1. The van der Waals surface area contributed by atoms with Gasteiger partial charge in [-0.3, -0.25) is 0 Å².